The van der Waals surface area contributed by atoms with Crippen LogP contribution < -0.4 is 5.32 Å². The van der Waals surface area contributed by atoms with Gasteiger partial charge in [0.2, 0.25) is 5.13 Å². The largest absolute Gasteiger partial charge is 0.295 e. The van der Waals surface area contributed by atoms with Crippen molar-refractivity contribution in [1.82, 2.24) is 14.8 Å². The number of nitrogens with zero attached hydrogens (tertiary/aromatic N) is 4. The van der Waals surface area contributed by atoms with E-state index in [9.17, 15) is 14.9 Å². The number of non-ortho nitro benzene ring substituents is 1. The van der Waals surface area contributed by atoms with Crippen LogP contribution in [0.25, 0.3) is 0 Å². The highest BCUT2D eigenvalue weighted by molar-refractivity contribution is 14.1. The van der Waals surface area contributed by atoms with Gasteiger partial charge in [-0.1, -0.05) is 9.59 Å². The topological polar surface area (TPSA) is 111 Å². The molecule has 0 fully saturated rings. The summed E-state index contributed by atoms with van der Waals surface area (Å²) in [5.41, 5.74) is 0.0657. The molecular weight excluding hydrogens is 373 g/mol. The van der Waals surface area contributed by atoms with Crippen LogP contribution in [0.1, 0.15) is 10.4 Å². The Morgan fingerprint density at radius 2 is 2.28 bits per heavy atom. The average Bonchev–Trinajstić information content (AvgIpc) is 2.81. The zero-order valence-electron chi connectivity index (χ0n) is 8.53. The van der Waals surface area contributed by atoms with Crippen LogP contribution >= 0.6 is 34.1 Å². The molecule has 0 radical (unpaired) electrons. The number of carbonyl (C=O) groups is 1. The third-order valence-electron chi connectivity index (χ3n) is 1.93. The number of halogens is 1. The lowest BCUT2D eigenvalue weighted by Gasteiger charge is -2.03. The highest BCUT2D eigenvalue weighted by Gasteiger charge is 2.16. The summed E-state index contributed by atoms with van der Waals surface area (Å²) in [6.45, 7) is 0. The Balaban J connectivity index is 2.29. The molecule has 1 amide bonds. The van der Waals surface area contributed by atoms with E-state index in [1.807, 2.05) is 22.6 Å². The molecule has 2 aromatic rings. The fourth-order valence-electron chi connectivity index (χ4n) is 1.15. The molecule has 10 heteroatoms. The first kappa shape index (κ1) is 12.8. The lowest BCUT2D eigenvalue weighted by atomic mass is 10.2. The third kappa shape index (κ3) is 2.76. The van der Waals surface area contributed by atoms with Crippen LogP contribution in [-0.2, 0) is 0 Å². The predicted molar refractivity (Wildman–Crippen MR) is 71.5 cm³/mol. The van der Waals surface area contributed by atoms with E-state index >= 15 is 0 Å². The van der Waals surface area contributed by atoms with Crippen LogP contribution in [0.2, 0.25) is 0 Å². The molecule has 0 saturated heterocycles. The molecule has 0 aliphatic heterocycles. The van der Waals surface area contributed by atoms with E-state index in [-0.39, 0.29) is 16.4 Å². The molecule has 0 aliphatic carbocycles. The summed E-state index contributed by atoms with van der Waals surface area (Å²) in [6.07, 6.45) is 0. The van der Waals surface area contributed by atoms with Crippen molar-refractivity contribution in [3.8, 4) is 0 Å². The Labute approximate surface area is 118 Å². The van der Waals surface area contributed by atoms with Crippen LogP contribution in [0.15, 0.2) is 18.2 Å². The second-order valence-corrected chi connectivity index (χ2v) is 4.94. The minimum atomic E-state index is -0.556. The molecule has 0 bridgehead atoms. The number of nitro benzene ring substituents is 1. The Kier molecular flexibility index (Phi) is 3.76. The molecule has 1 aromatic heterocycles. The maximum absolute atomic E-state index is 11.9. The Hall–Kier alpha value is -1.69. The number of nitro groups is 1. The zero-order valence-corrected chi connectivity index (χ0v) is 11.5. The highest BCUT2D eigenvalue weighted by atomic mass is 127. The zero-order chi connectivity index (χ0) is 13.1. The van der Waals surface area contributed by atoms with E-state index in [1.54, 1.807) is 0 Å². The minimum Gasteiger partial charge on any atom is -0.295 e. The van der Waals surface area contributed by atoms with Crippen LogP contribution in [-0.4, -0.2) is 25.6 Å². The fraction of sp³-hybridized carbons (Fsp3) is 0. The standard InChI is InChI=1S/C8H4IN5O3S/c9-6-2-1-4(14(16)17)3-5(6)7(15)10-8-11-12-13-18-8/h1-3H,(H,10,11,13,15). The molecule has 0 unspecified atom stereocenters. The number of rotatable bonds is 3. The summed E-state index contributed by atoms with van der Waals surface area (Å²) >= 11 is 2.85. The minimum absolute atomic E-state index is 0.143. The third-order valence-corrected chi connectivity index (χ3v) is 3.38. The summed E-state index contributed by atoms with van der Waals surface area (Å²) in [5, 5.41) is 20.2. The number of hydrogen-bond donors (Lipinski definition) is 1. The molecule has 1 heterocycles. The summed E-state index contributed by atoms with van der Waals surface area (Å²) in [6, 6.07) is 4.06. The van der Waals surface area contributed by atoms with Gasteiger partial charge < -0.3 is 0 Å². The van der Waals surface area contributed by atoms with Gasteiger partial charge in [-0.25, -0.2) is 0 Å². The first-order valence-electron chi connectivity index (χ1n) is 4.48. The second kappa shape index (κ2) is 5.30. The number of carbonyl (C=O) groups excluding carboxylic acids is 1. The molecule has 18 heavy (non-hydrogen) atoms. The van der Waals surface area contributed by atoms with Crippen molar-refractivity contribution in [2.45, 2.75) is 0 Å². The van der Waals surface area contributed by atoms with Crippen LogP contribution in [0, 0.1) is 13.7 Å². The quantitative estimate of drug-likeness (QED) is 0.495. The first-order chi connectivity index (χ1) is 8.58. The molecule has 0 saturated carbocycles. The Bertz CT molecular complexity index is 603. The van der Waals surface area contributed by atoms with E-state index in [4.69, 9.17) is 0 Å². The lowest BCUT2D eigenvalue weighted by Crippen LogP contribution is -2.13. The van der Waals surface area contributed by atoms with Gasteiger partial charge in [0.15, 0.2) is 0 Å². The predicted octanol–water partition coefficient (Wildman–Crippen LogP) is 1.70. The average molecular weight is 377 g/mol. The van der Waals surface area contributed by atoms with Gasteiger partial charge in [0.25, 0.3) is 11.6 Å². The molecule has 1 aromatic carbocycles. The van der Waals surface area contributed by atoms with Gasteiger partial charge in [-0.05, 0) is 33.9 Å². The number of aromatic nitrogens is 3. The van der Waals surface area contributed by atoms with Gasteiger partial charge in [-0.2, -0.15) is 0 Å². The van der Waals surface area contributed by atoms with E-state index in [0.717, 1.165) is 11.5 Å². The van der Waals surface area contributed by atoms with E-state index in [0.29, 0.717) is 3.57 Å². The molecule has 1 N–H and O–H groups in total. The highest BCUT2D eigenvalue weighted by Crippen LogP contribution is 2.20. The van der Waals surface area contributed by atoms with Crippen molar-refractivity contribution in [3.05, 3.63) is 37.4 Å². The van der Waals surface area contributed by atoms with Crippen molar-refractivity contribution in [2.75, 3.05) is 5.32 Å². The van der Waals surface area contributed by atoms with Crippen molar-refractivity contribution >= 4 is 50.8 Å². The van der Waals surface area contributed by atoms with Crippen LogP contribution in [0.3, 0.4) is 0 Å². The summed E-state index contributed by atoms with van der Waals surface area (Å²) < 4.78 is 4.10. The molecule has 0 spiro atoms. The Morgan fingerprint density at radius 3 is 2.89 bits per heavy atom. The smallest absolute Gasteiger partial charge is 0.270 e. The molecule has 0 aliphatic rings. The molecule has 0 atom stereocenters. The number of anilines is 1. The SMILES string of the molecule is O=C(Nc1nnns1)c1cc([N+](=O)[O-])ccc1I. The first-order valence-corrected chi connectivity index (χ1v) is 6.33. The van der Waals surface area contributed by atoms with Gasteiger partial charge in [0.1, 0.15) is 0 Å². The number of amides is 1. The van der Waals surface area contributed by atoms with E-state index < -0.39 is 10.8 Å². The van der Waals surface area contributed by atoms with Crippen molar-refractivity contribution in [2.24, 2.45) is 0 Å². The van der Waals surface area contributed by atoms with Gasteiger partial charge in [0, 0.05) is 27.2 Å². The van der Waals surface area contributed by atoms with Gasteiger partial charge in [-0.15, -0.1) is 0 Å². The fourth-order valence-corrected chi connectivity index (χ4v) is 2.09. The second-order valence-electron chi connectivity index (χ2n) is 3.04. The molecular formula is C8H4IN5O3S. The maximum Gasteiger partial charge on any atom is 0.270 e. The molecule has 2 rings (SSSR count). The monoisotopic (exact) mass is 377 g/mol. The lowest BCUT2D eigenvalue weighted by molar-refractivity contribution is -0.384. The van der Waals surface area contributed by atoms with Crippen molar-refractivity contribution in [1.29, 1.82) is 0 Å². The van der Waals surface area contributed by atoms with E-state index in [1.165, 1.54) is 18.2 Å². The van der Waals surface area contributed by atoms with Crippen molar-refractivity contribution < 1.29 is 9.72 Å². The van der Waals surface area contributed by atoms with Crippen LogP contribution in [0.5, 0.6) is 0 Å². The summed E-state index contributed by atoms with van der Waals surface area (Å²) in [4.78, 5) is 22.0. The molecule has 92 valence electrons. The summed E-state index contributed by atoms with van der Waals surface area (Å²) in [7, 11) is 0. The number of hydrogen-bond acceptors (Lipinski definition) is 7. The van der Waals surface area contributed by atoms with Gasteiger partial charge in [0.05, 0.1) is 10.5 Å². The Morgan fingerprint density at radius 1 is 1.50 bits per heavy atom. The van der Waals surface area contributed by atoms with Gasteiger partial charge >= 0.3 is 0 Å². The van der Waals surface area contributed by atoms with Crippen LogP contribution in [0.4, 0.5) is 10.8 Å². The molecule has 8 nitrogen and oxygen atoms in total. The van der Waals surface area contributed by atoms with E-state index in [2.05, 4.69) is 20.1 Å². The number of benzene rings is 1. The van der Waals surface area contributed by atoms with Crippen molar-refractivity contribution in [3.63, 3.8) is 0 Å². The normalized spacial score (nSPS) is 10.1. The number of nitrogens with one attached hydrogen (secondary N) is 1. The van der Waals surface area contributed by atoms with Gasteiger partial charge in [-0.3, -0.25) is 20.2 Å². The maximum atomic E-state index is 11.9. The summed E-state index contributed by atoms with van der Waals surface area (Å²) in [5.74, 6) is -0.485.